The molecule has 0 spiro atoms. The van der Waals surface area contributed by atoms with E-state index >= 15 is 0 Å². The van der Waals surface area contributed by atoms with Gasteiger partial charge in [0, 0.05) is 63.6 Å². The van der Waals surface area contributed by atoms with Crippen molar-refractivity contribution in [3.8, 4) is 5.75 Å². The van der Waals surface area contributed by atoms with E-state index in [2.05, 4.69) is 21.4 Å². The van der Waals surface area contributed by atoms with E-state index in [9.17, 15) is 0 Å². The van der Waals surface area contributed by atoms with Gasteiger partial charge in [0.1, 0.15) is 11.6 Å². The Hall–Kier alpha value is -1.92. The minimum Gasteiger partial charge on any atom is -0.493 e. The van der Waals surface area contributed by atoms with Crippen LogP contribution in [0.2, 0.25) is 0 Å². The summed E-state index contributed by atoms with van der Waals surface area (Å²) in [5.41, 5.74) is 1.27. The van der Waals surface area contributed by atoms with Gasteiger partial charge in [0.25, 0.3) is 0 Å². The van der Waals surface area contributed by atoms with Crippen LogP contribution in [0.3, 0.4) is 0 Å². The number of aromatic nitrogens is 3. The number of pyridine rings is 1. The molecule has 2 aliphatic heterocycles. The smallest absolute Gasteiger partial charge is 0.126 e. The summed E-state index contributed by atoms with van der Waals surface area (Å²) in [5.74, 6) is 2.83. The van der Waals surface area contributed by atoms with Crippen LogP contribution in [0.5, 0.6) is 5.75 Å². The highest BCUT2D eigenvalue weighted by Gasteiger charge is 2.29. The molecule has 4 rings (SSSR count). The number of fused-ring (bicyclic) bond motifs is 1. The van der Waals surface area contributed by atoms with E-state index in [0.29, 0.717) is 12.6 Å². The molecule has 0 aromatic carbocycles. The maximum absolute atomic E-state index is 5.82. The van der Waals surface area contributed by atoms with Crippen molar-refractivity contribution in [3.05, 3.63) is 42.2 Å². The first-order valence-corrected chi connectivity index (χ1v) is 9.70. The molecule has 2 aromatic heterocycles. The van der Waals surface area contributed by atoms with Gasteiger partial charge in [-0.05, 0) is 37.8 Å². The lowest BCUT2D eigenvalue weighted by Crippen LogP contribution is -2.41. The molecule has 1 fully saturated rings. The van der Waals surface area contributed by atoms with Crippen LogP contribution in [0.4, 0.5) is 0 Å². The molecular weight excluding hydrogens is 328 g/mol. The maximum atomic E-state index is 5.82. The highest BCUT2D eigenvalue weighted by molar-refractivity contribution is 5.17. The zero-order chi connectivity index (χ0) is 17.8. The fourth-order valence-electron chi connectivity index (χ4n) is 4.02. The van der Waals surface area contributed by atoms with Crippen molar-refractivity contribution in [3.63, 3.8) is 0 Å². The number of imidazole rings is 1. The fourth-order valence-corrected chi connectivity index (χ4v) is 4.02. The van der Waals surface area contributed by atoms with Crippen LogP contribution in [0, 0.1) is 5.92 Å². The first-order valence-electron chi connectivity index (χ1n) is 9.70. The Morgan fingerprint density at radius 2 is 2.00 bits per heavy atom. The highest BCUT2D eigenvalue weighted by Crippen LogP contribution is 2.28. The second kappa shape index (κ2) is 8.18. The van der Waals surface area contributed by atoms with E-state index in [-0.39, 0.29) is 0 Å². The van der Waals surface area contributed by atoms with Crippen molar-refractivity contribution in [1.82, 2.24) is 19.4 Å². The van der Waals surface area contributed by atoms with Gasteiger partial charge in [-0.1, -0.05) is 0 Å². The quantitative estimate of drug-likeness (QED) is 0.797. The molecular formula is C20H28N4O2. The van der Waals surface area contributed by atoms with E-state index in [1.807, 2.05) is 18.3 Å². The summed E-state index contributed by atoms with van der Waals surface area (Å²) in [5, 5.41) is 0. The molecule has 6 nitrogen and oxygen atoms in total. The number of rotatable bonds is 6. The average Bonchev–Trinajstić information content (AvgIpc) is 3.10. The van der Waals surface area contributed by atoms with E-state index in [0.717, 1.165) is 50.9 Å². The molecule has 0 radical (unpaired) electrons. The Labute approximate surface area is 155 Å². The molecule has 0 N–H and O–H groups in total. The van der Waals surface area contributed by atoms with Crippen LogP contribution < -0.4 is 4.74 Å². The van der Waals surface area contributed by atoms with Gasteiger partial charge >= 0.3 is 0 Å². The number of hydrogen-bond acceptors (Lipinski definition) is 5. The largest absolute Gasteiger partial charge is 0.493 e. The predicted molar refractivity (Wildman–Crippen MR) is 99.2 cm³/mol. The third-order valence-corrected chi connectivity index (χ3v) is 5.61. The van der Waals surface area contributed by atoms with Gasteiger partial charge in [-0.2, -0.15) is 0 Å². The van der Waals surface area contributed by atoms with E-state index in [1.165, 1.54) is 24.4 Å². The molecule has 2 aromatic rings. The first-order chi connectivity index (χ1) is 12.8. The van der Waals surface area contributed by atoms with Crippen LogP contribution in [0.15, 0.2) is 30.7 Å². The second-order valence-corrected chi connectivity index (χ2v) is 7.27. The Kier molecular flexibility index (Phi) is 5.51. The Balaban J connectivity index is 1.34. The first kappa shape index (κ1) is 17.5. The zero-order valence-corrected chi connectivity index (χ0v) is 15.5. The van der Waals surface area contributed by atoms with Gasteiger partial charge in [0.2, 0.25) is 0 Å². The minimum absolute atomic E-state index is 0.376. The van der Waals surface area contributed by atoms with Gasteiger partial charge in [0.15, 0.2) is 0 Å². The van der Waals surface area contributed by atoms with Gasteiger partial charge < -0.3 is 14.0 Å². The summed E-state index contributed by atoms with van der Waals surface area (Å²) in [7, 11) is 0. The van der Waals surface area contributed by atoms with Crippen molar-refractivity contribution >= 4 is 0 Å². The molecule has 0 aliphatic carbocycles. The van der Waals surface area contributed by atoms with E-state index in [1.54, 1.807) is 12.4 Å². The summed E-state index contributed by atoms with van der Waals surface area (Å²) in [6.07, 6.45) is 8.79. The molecule has 1 atom stereocenters. The summed E-state index contributed by atoms with van der Waals surface area (Å²) >= 11 is 0. The molecule has 0 amide bonds. The van der Waals surface area contributed by atoms with Crippen molar-refractivity contribution in [2.75, 3.05) is 32.9 Å². The van der Waals surface area contributed by atoms with Crippen molar-refractivity contribution in [1.29, 1.82) is 0 Å². The molecule has 1 saturated heterocycles. The van der Waals surface area contributed by atoms with Crippen molar-refractivity contribution < 1.29 is 9.47 Å². The van der Waals surface area contributed by atoms with E-state index in [4.69, 9.17) is 14.5 Å². The van der Waals surface area contributed by atoms with Gasteiger partial charge in [-0.3, -0.25) is 9.88 Å². The summed E-state index contributed by atoms with van der Waals surface area (Å²) < 4.78 is 13.7. The van der Waals surface area contributed by atoms with Crippen LogP contribution in [-0.4, -0.2) is 52.3 Å². The van der Waals surface area contributed by atoms with Crippen LogP contribution in [0.1, 0.15) is 37.3 Å². The zero-order valence-electron chi connectivity index (χ0n) is 15.5. The molecule has 6 heteroatoms. The Morgan fingerprint density at radius 1 is 1.19 bits per heavy atom. The maximum Gasteiger partial charge on any atom is 0.126 e. The molecule has 0 unspecified atom stereocenters. The molecule has 0 bridgehead atoms. The summed E-state index contributed by atoms with van der Waals surface area (Å²) in [6.45, 7) is 8.07. The summed E-state index contributed by atoms with van der Waals surface area (Å²) in [6, 6.07) is 4.16. The lowest BCUT2D eigenvalue weighted by Gasteiger charge is -2.37. The topological polar surface area (TPSA) is 52.4 Å². The third kappa shape index (κ3) is 3.91. The standard InChI is InChI=1S/C20H28N4O2/c1-16-20-22-14-18(6-13-26-19-2-7-21-8-3-19)24(20)10-9-23(16)15-17-4-11-25-12-5-17/h2-3,7-8,14,16-17H,4-6,9-13,15H2,1H3/t16-/m1/s1. The molecule has 4 heterocycles. The number of ether oxygens (including phenoxy) is 2. The average molecular weight is 356 g/mol. The lowest BCUT2D eigenvalue weighted by molar-refractivity contribution is 0.0409. The SMILES string of the molecule is C[C@@H]1c2ncc(CCOc3ccncc3)n2CCN1CC1CCOCC1. The number of nitrogens with zero attached hydrogens (tertiary/aromatic N) is 4. The Morgan fingerprint density at radius 3 is 2.81 bits per heavy atom. The molecule has 0 saturated carbocycles. The molecule has 26 heavy (non-hydrogen) atoms. The fraction of sp³-hybridized carbons (Fsp3) is 0.600. The molecule has 2 aliphatic rings. The van der Waals surface area contributed by atoms with Crippen LogP contribution >= 0.6 is 0 Å². The van der Waals surface area contributed by atoms with Gasteiger partial charge in [0.05, 0.1) is 12.6 Å². The Bertz CT molecular complexity index is 697. The van der Waals surface area contributed by atoms with E-state index < -0.39 is 0 Å². The van der Waals surface area contributed by atoms with Gasteiger partial charge in [-0.15, -0.1) is 0 Å². The predicted octanol–water partition coefficient (Wildman–Crippen LogP) is 2.70. The second-order valence-electron chi connectivity index (χ2n) is 7.27. The van der Waals surface area contributed by atoms with Crippen LogP contribution in [0.25, 0.3) is 0 Å². The summed E-state index contributed by atoms with van der Waals surface area (Å²) in [4.78, 5) is 11.3. The monoisotopic (exact) mass is 356 g/mol. The third-order valence-electron chi connectivity index (χ3n) is 5.61. The van der Waals surface area contributed by atoms with Crippen molar-refractivity contribution in [2.45, 2.75) is 38.8 Å². The van der Waals surface area contributed by atoms with Gasteiger partial charge in [-0.25, -0.2) is 4.98 Å². The number of hydrogen-bond donors (Lipinski definition) is 0. The van der Waals surface area contributed by atoms with Crippen LogP contribution in [-0.2, 0) is 17.7 Å². The van der Waals surface area contributed by atoms with Crippen molar-refractivity contribution in [2.24, 2.45) is 5.92 Å². The normalized spacial score (nSPS) is 21.5. The molecule has 140 valence electrons. The minimum atomic E-state index is 0.376. The lowest BCUT2D eigenvalue weighted by atomic mass is 9.98. The highest BCUT2D eigenvalue weighted by atomic mass is 16.5.